The smallest absolute Gasteiger partial charge is 0.287 e. The fourth-order valence-electron chi connectivity index (χ4n) is 8.74. The molecular formula is C39H48ClN7O4. The van der Waals surface area contributed by atoms with Crippen LogP contribution in [0.2, 0.25) is 5.02 Å². The van der Waals surface area contributed by atoms with Crippen molar-refractivity contribution in [3.05, 3.63) is 86.3 Å². The molecule has 7 rings (SSSR count). The number of carbonyl (C=O) groups excluding carboxylic acids is 3. The number of hydrogen-bond acceptors (Lipinski definition) is 8. The number of amides is 3. The van der Waals surface area contributed by atoms with Crippen LogP contribution < -0.4 is 21.1 Å². The summed E-state index contributed by atoms with van der Waals surface area (Å²) in [5.74, 6) is -0.262. The number of aryl methyl sites for hydroxylation is 2. The Morgan fingerprint density at radius 2 is 1.67 bits per heavy atom. The lowest BCUT2D eigenvalue weighted by atomic mass is 9.71. The number of imide groups is 1. The highest BCUT2D eigenvalue weighted by molar-refractivity contribution is 6.32. The molecule has 5 heterocycles. The number of carbonyl (C=O) groups is 3. The molecule has 51 heavy (non-hydrogen) atoms. The Labute approximate surface area is 304 Å². The summed E-state index contributed by atoms with van der Waals surface area (Å²) in [5, 5.41) is 10.2. The van der Waals surface area contributed by atoms with Crippen LogP contribution in [0.5, 0.6) is 0 Å². The molecule has 0 radical (unpaired) electrons. The summed E-state index contributed by atoms with van der Waals surface area (Å²) < 4.78 is 1.23. The first kappa shape index (κ1) is 35.2. The highest BCUT2D eigenvalue weighted by Gasteiger charge is 2.39. The van der Waals surface area contributed by atoms with Crippen LogP contribution in [-0.4, -0.2) is 89.7 Å². The van der Waals surface area contributed by atoms with E-state index in [1.165, 1.54) is 15.9 Å². The minimum Gasteiger partial charge on any atom is -0.378 e. The molecule has 11 nitrogen and oxygen atoms in total. The summed E-state index contributed by atoms with van der Waals surface area (Å²) in [6.45, 7) is 7.31. The Hall–Kier alpha value is -4.22. The van der Waals surface area contributed by atoms with E-state index in [-0.39, 0.29) is 51.6 Å². The first-order valence-electron chi connectivity index (χ1n) is 18.2. The Kier molecular flexibility index (Phi) is 9.95. The van der Waals surface area contributed by atoms with E-state index in [1.807, 2.05) is 17.0 Å². The zero-order valence-electron chi connectivity index (χ0n) is 29.8. The molecule has 1 spiro atoms. The van der Waals surface area contributed by atoms with Crippen molar-refractivity contribution in [2.45, 2.75) is 69.7 Å². The lowest BCUT2D eigenvalue weighted by Gasteiger charge is -2.47. The number of piperidine rings is 4. The van der Waals surface area contributed by atoms with Crippen molar-refractivity contribution in [2.24, 2.45) is 12.5 Å². The molecule has 4 saturated heterocycles. The van der Waals surface area contributed by atoms with Crippen LogP contribution in [0.25, 0.3) is 0 Å². The maximum atomic E-state index is 13.6. The summed E-state index contributed by atoms with van der Waals surface area (Å²) in [6.07, 6.45) is 7.68. The van der Waals surface area contributed by atoms with Crippen LogP contribution in [0.4, 0.5) is 11.4 Å². The van der Waals surface area contributed by atoms with E-state index in [0.29, 0.717) is 18.5 Å². The second kappa shape index (κ2) is 14.4. The van der Waals surface area contributed by atoms with E-state index in [1.54, 1.807) is 13.2 Å². The van der Waals surface area contributed by atoms with Crippen LogP contribution in [0.15, 0.2) is 53.5 Å². The van der Waals surface area contributed by atoms with Gasteiger partial charge in [-0.25, -0.2) is 4.68 Å². The quantitative estimate of drug-likeness (QED) is 0.354. The average molecular weight is 714 g/mol. The maximum absolute atomic E-state index is 13.6. The Morgan fingerprint density at radius 3 is 2.35 bits per heavy atom. The zero-order chi connectivity index (χ0) is 35.9. The largest absolute Gasteiger partial charge is 0.378 e. The van der Waals surface area contributed by atoms with Crippen molar-refractivity contribution in [3.8, 4) is 0 Å². The molecule has 1 aromatic heterocycles. The molecule has 0 saturated carbocycles. The fraction of sp³-hybridized carbons (Fsp3) is 0.513. The van der Waals surface area contributed by atoms with Gasteiger partial charge in [-0.3, -0.25) is 24.5 Å². The standard InChI is InChI=1S/C39H48ClN7O4/c1-25-20-30(8-9-31(25)32-10-11-34(48)43-36(32)49)46-16-12-39(13-17-46)14-18-47(19-15-39)37(50)27-6-4-26(5-7-27)28-21-29(24-44(2)23-28)42-33-22-41-45(3)38(51)35(33)40/h4-9,20,22,28-29,32,42H,10-19,21,23-24H2,1-3H3,(H,43,48,49)/t28-,29+,32?/m1/s1. The first-order chi connectivity index (χ1) is 24.5. The van der Waals surface area contributed by atoms with Gasteiger partial charge in [0.1, 0.15) is 5.02 Å². The van der Waals surface area contributed by atoms with E-state index in [9.17, 15) is 19.2 Å². The van der Waals surface area contributed by atoms with E-state index >= 15 is 0 Å². The lowest BCUT2D eigenvalue weighted by molar-refractivity contribution is -0.134. The topological polar surface area (TPSA) is 120 Å². The number of rotatable bonds is 6. The van der Waals surface area contributed by atoms with Gasteiger partial charge >= 0.3 is 0 Å². The van der Waals surface area contributed by atoms with Crippen LogP contribution in [-0.2, 0) is 16.6 Å². The number of hydrogen-bond donors (Lipinski definition) is 2. The fourth-order valence-corrected chi connectivity index (χ4v) is 8.96. The van der Waals surface area contributed by atoms with Gasteiger partial charge in [0.15, 0.2) is 0 Å². The molecule has 2 aromatic carbocycles. The van der Waals surface area contributed by atoms with Gasteiger partial charge in [-0.2, -0.15) is 5.10 Å². The SMILES string of the molecule is Cc1cc(N2CCC3(CCN(C(=O)c4ccc([C@@H]5C[C@H](Nc6cnn(C)c(=O)c6Cl)CN(C)C5)cc4)CC3)CC2)ccc1C1CCC(=O)NC1=O. The van der Waals surface area contributed by atoms with Gasteiger partial charge in [0.05, 0.1) is 17.8 Å². The van der Waals surface area contributed by atoms with Crippen LogP contribution in [0.1, 0.15) is 83.8 Å². The molecule has 4 aliphatic rings. The zero-order valence-corrected chi connectivity index (χ0v) is 30.5. The van der Waals surface area contributed by atoms with E-state index in [4.69, 9.17) is 11.6 Å². The molecule has 12 heteroatoms. The van der Waals surface area contributed by atoms with Gasteiger partial charge in [-0.05, 0) is 105 Å². The molecule has 4 aliphatic heterocycles. The molecule has 3 amide bonds. The highest BCUT2D eigenvalue weighted by Crippen LogP contribution is 2.43. The summed E-state index contributed by atoms with van der Waals surface area (Å²) >= 11 is 6.32. The van der Waals surface area contributed by atoms with Crippen molar-refractivity contribution >= 4 is 40.7 Å². The molecule has 3 atom stereocenters. The monoisotopic (exact) mass is 713 g/mol. The molecule has 1 unspecified atom stereocenters. The molecule has 3 aromatic rings. The third kappa shape index (κ3) is 7.42. The highest BCUT2D eigenvalue weighted by atomic mass is 35.5. The lowest BCUT2D eigenvalue weighted by Crippen LogP contribution is -2.48. The number of halogens is 1. The predicted molar refractivity (Wildman–Crippen MR) is 199 cm³/mol. The Bertz CT molecular complexity index is 1860. The summed E-state index contributed by atoms with van der Waals surface area (Å²) in [6, 6.07) is 14.6. The normalized spacial score (nSPS) is 24.0. The third-order valence-corrected chi connectivity index (χ3v) is 12.2. The summed E-state index contributed by atoms with van der Waals surface area (Å²) in [5.41, 5.74) is 5.72. The van der Waals surface area contributed by atoms with Crippen molar-refractivity contribution in [1.82, 2.24) is 24.9 Å². The molecule has 270 valence electrons. The number of likely N-dealkylation sites (N-methyl/N-ethyl adjacent to an activating group) is 1. The third-order valence-electron chi connectivity index (χ3n) is 11.9. The number of benzene rings is 2. The van der Waals surface area contributed by atoms with Gasteiger partial charge in [-0.15, -0.1) is 0 Å². The van der Waals surface area contributed by atoms with Crippen LogP contribution in [0.3, 0.4) is 0 Å². The molecule has 4 fully saturated rings. The molecule has 0 aliphatic carbocycles. The van der Waals surface area contributed by atoms with Crippen molar-refractivity contribution < 1.29 is 14.4 Å². The summed E-state index contributed by atoms with van der Waals surface area (Å²) in [4.78, 5) is 56.7. The van der Waals surface area contributed by atoms with Gasteiger partial charge in [0.25, 0.3) is 11.5 Å². The maximum Gasteiger partial charge on any atom is 0.287 e. The second-order valence-electron chi connectivity index (χ2n) is 15.2. The van der Waals surface area contributed by atoms with E-state index < -0.39 is 0 Å². The number of aromatic nitrogens is 2. The first-order valence-corrected chi connectivity index (χ1v) is 18.6. The second-order valence-corrected chi connectivity index (χ2v) is 15.6. The average Bonchev–Trinajstić information content (AvgIpc) is 3.12. The minimum absolute atomic E-state index is 0.101. The van der Waals surface area contributed by atoms with Crippen LogP contribution >= 0.6 is 11.6 Å². The number of likely N-dealkylation sites (tertiary alicyclic amines) is 2. The van der Waals surface area contributed by atoms with Gasteiger partial charge in [0, 0.05) is 70.0 Å². The molecule has 2 N–H and O–H groups in total. The Balaban J connectivity index is 0.911. The van der Waals surface area contributed by atoms with Gasteiger partial charge in [-0.1, -0.05) is 29.8 Å². The van der Waals surface area contributed by atoms with Crippen molar-refractivity contribution in [1.29, 1.82) is 0 Å². The molecule has 0 bridgehead atoms. The van der Waals surface area contributed by atoms with Crippen molar-refractivity contribution in [2.75, 3.05) is 56.5 Å². The van der Waals surface area contributed by atoms with E-state index in [0.717, 1.165) is 88.1 Å². The molecular weight excluding hydrogens is 666 g/mol. The van der Waals surface area contributed by atoms with Crippen molar-refractivity contribution in [3.63, 3.8) is 0 Å². The summed E-state index contributed by atoms with van der Waals surface area (Å²) in [7, 11) is 3.68. The minimum atomic E-state index is -0.320. The Morgan fingerprint density at radius 1 is 0.961 bits per heavy atom. The number of anilines is 2. The number of nitrogens with one attached hydrogen (secondary N) is 2. The predicted octanol–water partition coefficient (Wildman–Crippen LogP) is 4.68. The van der Waals surface area contributed by atoms with E-state index in [2.05, 4.69) is 69.8 Å². The van der Waals surface area contributed by atoms with Crippen LogP contribution in [0, 0.1) is 12.3 Å². The van der Waals surface area contributed by atoms with Gasteiger partial charge in [0.2, 0.25) is 11.8 Å². The van der Waals surface area contributed by atoms with Gasteiger partial charge < -0.3 is 20.0 Å². The number of nitrogens with zero attached hydrogens (tertiary/aromatic N) is 5.